The SMILES string of the molecule is CCCCCCCCNCC(O)CC. The Labute approximate surface area is 89.1 Å². The number of rotatable bonds is 10. The normalized spacial score (nSPS) is 13.1. The number of nitrogens with one attached hydrogen (secondary N) is 1. The van der Waals surface area contributed by atoms with Crippen LogP contribution in [0.5, 0.6) is 0 Å². The zero-order valence-electron chi connectivity index (χ0n) is 9.89. The van der Waals surface area contributed by atoms with Crippen molar-refractivity contribution < 1.29 is 5.11 Å². The summed E-state index contributed by atoms with van der Waals surface area (Å²) < 4.78 is 0. The van der Waals surface area contributed by atoms with Gasteiger partial charge in [0.05, 0.1) is 6.10 Å². The second-order valence-electron chi connectivity index (χ2n) is 4.03. The van der Waals surface area contributed by atoms with Gasteiger partial charge in [-0.05, 0) is 19.4 Å². The summed E-state index contributed by atoms with van der Waals surface area (Å²) in [5.74, 6) is 0. The molecule has 0 aliphatic rings. The zero-order valence-corrected chi connectivity index (χ0v) is 9.89. The van der Waals surface area contributed by atoms with Crippen LogP contribution in [-0.2, 0) is 0 Å². The highest BCUT2D eigenvalue weighted by molar-refractivity contribution is 4.56. The Balaban J connectivity index is 2.92. The summed E-state index contributed by atoms with van der Waals surface area (Å²) in [6, 6.07) is 0. The Morgan fingerprint density at radius 2 is 1.64 bits per heavy atom. The number of hydrogen-bond acceptors (Lipinski definition) is 2. The minimum atomic E-state index is -0.157. The summed E-state index contributed by atoms with van der Waals surface area (Å²) in [6.45, 7) is 6.07. The van der Waals surface area contributed by atoms with Crippen LogP contribution in [0.3, 0.4) is 0 Å². The molecule has 86 valence electrons. The zero-order chi connectivity index (χ0) is 10.6. The van der Waals surface area contributed by atoms with Crippen LogP contribution in [0.25, 0.3) is 0 Å². The Morgan fingerprint density at radius 1 is 1.00 bits per heavy atom. The van der Waals surface area contributed by atoms with Crippen molar-refractivity contribution in [1.82, 2.24) is 5.32 Å². The van der Waals surface area contributed by atoms with Crippen LogP contribution in [0, 0.1) is 0 Å². The third-order valence-corrected chi connectivity index (χ3v) is 2.56. The summed E-state index contributed by atoms with van der Waals surface area (Å²) in [5, 5.41) is 12.5. The molecular formula is C12H27NO. The van der Waals surface area contributed by atoms with Crippen molar-refractivity contribution in [3.05, 3.63) is 0 Å². The highest BCUT2D eigenvalue weighted by Crippen LogP contribution is 2.03. The Hall–Kier alpha value is -0.0800. The van der Waals surface area contributed by atoms with E-state index in [-0.39, 0.29) is 6.10 Å². The molecule has 1 atom stereocenters. The summed E-state index contributed by atoms with van der Waals surface area (Å²) in [7, 11) is 0. The molecule has 0 radical (unpaired) electrons. The standard InChI is InChI=1S/C12H27NO/c1-3-5-6-7-8-9-10-13-11-12(14)4-2/h12-14H,3-11H2,1-2H3. The third-order valence-electron chi connectivity index (χ3n) is 2.56. The molecule has 2 nitrogen and oxygen atoms in total. The van der Waals surface area contributed by atoms with Gasteiger partial charge in [-0.3, -0.25) is 0 Å². The third kappa shape index (κ3) is 10.0. The van der Waals surface area contributed by atoms with Crippen molar-refractivity contribution in [2.24, 2.45) is 0 Å². The van der Waals surface area contributed by atoms with E-state index in [1.54, 1.807) is 0 Å². The average molecular weight is 201 g/mol. The molecule has 14 heavy (non-hydrogen) atoms. The van der Waals surface area contributed by atoms with Crippen LogP contribution in [0.4, 0.5) is 0 Å². The van der Waals surface area contributed by atoms with E-state index in [1.165, 1.54) is 38.5 Å². The molecule has 0 fully saturated rings. The van der Waals surface area contributed by atoms with Crippen molar-refractivity contribution in [2.75, 3.05) is 13.1 Å². The van der Waals surface area contributed by atoms with Gasteiger partial charge in [0.25, 0.3) is 0 Å². The fraction of sp³-hybridized carbons (Fsp3) is 1.00. The van der Waals surface area contributed by atoms with Gasteiger partial charge < -0.3 is 10.4 Å². The van der Waals surface area contributed by atoms with E-state index < -0.39 is 0 Å². The summed E-state index contributed by atoms with van der Waals surface area (Å²) >= 11 is 0. The number of aliphatic hydroxyl groups excluding tert-OH is 1. The van der Waals surface area contributed by atoms with Gasteiger partial charge in [-0.2, -0.15) is 0 Å². The summed E-state index contributed by atoms with van der Waals surface area (Å²) in [4.78, 5) is 0. The first-order valence-electron chi connectivity index (χ1n) is 6.20. The van der Waals surface area contributed by atoms with Crippen LogP contribution in [-0.4, -0.2) is 24.3 Å². The van der Waals surface area contributed by atoms with Crippen LogP contribution < -0.4 is 5.32 Å². The van der Waals surface area contributed by atoms with Crippen molar-refractivity contribution in [1.29, 1.82) is 0 Å². The minimum absolute atomic E-state index is 0.157. The maximum atomic E-state index is 9.27. The molecule has 0 aliphatic carbocycles. The Kier molecular flexibility index (Phi) is 10.9. The molecular weight excluding hydrogens is 174 g/mol. The van der Waals surface area contributed by atoms with Gasteiger partial charge in [0.15, 0.2) is 0 Å². The van der Waals surface area contributed by atoms with E-state index in [0.29, 0.717) is 0 Å². The van der Waals surface area contributed by atoms with Crippen molar-refractivity contribution >= 4 is 0 Å². The molecule has 0 heterocycles. The van der Waals surface area contributed by atoms with Gasteiger partial charge in [-0.15, -0.1) is 0 Å². The number of aliphatic hydroxyl groups is 1. The van der Waals surface area contributed by atoms with Gasteiger partial charge in [0, 0.05) is 6.54 Å². The van der Waals surface area contributed by atoms with E-state index in [4.69, 9.17) is 0 Å². The lowest BCUT2D eigenvalue weighted by Crippen LogP contribution is -2.26. The topological polar surface area (TPSA) is 32.3 Å². The summed E-state index contributed by atoms with van der Waals surface area (Å²) in [6.07, 6.45) is 8.72. The van der Waals surface area contributed by atoms with Gasteiger partial charge in [0.1, 0.15) is 0 Å². The monoisotopic (exact) mass is 201 g/mol. The molecule has 2 N–H and O–H groups in total. The fourth-order valence-electron chi connectivity index (χ4n) is 1.44. The van der Waals surface area contributed by atoms with Crippen molar-refractivity contribution in [3.8, 4) is 0 Å². The van der Waals surface area contributed by atoms with Crippen LogP contribution in [0.15, 0.2) is 0 Å². The molecule has 0 saturated heterocycles. The second-order valence-corrected chi connectivity index (χ2v) is 4.03. The first-order chi connectivity index (χ1) is 6.81. The van der Waals surface area contributed by atoms with Crippen LogP contribution in [0.2, 0.25) is 0 Å². The van der Waals surface area contributed by atoms with Crippen LogP contribution in [0.1, 0.15) is 58.8 Å². The van der Waals surface area contributed by atoms with E-state index >= 15 is 0 Å². The van der Waals surface area contributed by atoms with E-state index in [1.807, 2.05) is 6.92 Å². The van der Waals surface area contributed by atoms with Gasteiger partial charge in [0.2, 0.25) is 0 Å². The largest absolute Gasteiger partial charge is 0.392 e. The lowest BCUT2D eigenvalue weighted by atomic mass is 10.1. The lowest BCUT2D eigenvalue weighted by Gasteiger charge is -2.08. The van der Waals surface area contributed by atoms with Gasteiger partial charge >= 0.3 is 0 Å². The van der Waals surface area contributed by atoms with E-state index in [0.717, 1.165) is 19.5 Å². The lowest BCUT2D eigenvalue weighted by molar-refractivity contribution is 0.167. The molecule has 0 aliphatic heterocycles. The van der Waals surface area contributed by atoms with E-state index in [9.17, 15) is 5.11 Å². The predicted molar refractivity (Wildman–Crippen MR) is 62.5 cm³/mol. The second kappa shape index (κ2) is 11.0. The molecule has 1 unspecified atom stereocenters. The smallest absolute Gasteiger partial charge is 0.0662 e. The van der Waals surface area contributed by atoms with Crippen molar-refractivity contribution in [2.45, 2.75) is 64.9 Å². The number of hydrogen-bond donors (Lipinski definition) is 2. The average Bonchev–Trinajstić information content (AvgIpc) is 2.21. The molecule has 0 spiro atoms. The van der Waals surface area contributed by atoms with Gasteiger partial charge in [-0.1, -0.05) is 46.0 Å². The van der Waals surface area contributed by atoms with Crippen LogP contribution >= 0.6 is 0 Å². The maximum absolute atomic E-state index is 9.27. The van der Waals surface area contributed by atoms with E-state index in [2.05, 4.69) is 12.2 Å². The Bertz CT molecular complexity index is 106. The molecule has 0 aromatic carbocycles. The molecule has 0 aromatic heterocycles. The molecule has 2 heteroatoms. The molecule has 0 rings (SSSR count). The summed E-state index contributed by atoms with van der Waals surface area (Å²) in [5.41, 5.74) is 0. The van der Waals surface area contributed by atoms with Crippen molar-refractivity contribution in [3.63, 3.8) is 0 Å². The predicted octanol–water partition coefficient (Wildman–Crippen LogP) is 2.71. The highest BCUT2D eigenvalue weighted by atomic mass is 16.3. The maximum Gasteiger partial charge on any atom is 0.0662 e. The Morgan fingerprint density at radius 3 is 2.29 bits per heavy atom. The molecule has 0 aromatic rings. The minimum Gasteiger partial charge on any atom is -0.392 e. The first-order valence-corrected chi connectivity index (χ1v) is 6.20. The molecule has 0 bridgehead atoms. The molecule has 0 saturated carbocycles. The first kappa shape index (κ1) is 13.9. The quantitative estimate of drug-likeness (QED) is 0.533. The fourth-order valence-corrected chi connectivity index (χ4v) is 1.44. The highest BCUT2D eigenvalue weighted by Gasteiger charge is 1.97. The number of unbranched alkanes of at least 4 members (excludes halogenated alkanes) is 5. The van der Waals surface area contributed by atoms with Gasteiger partial charge in [-0.25, -0.2) is 0 Å². The molecule has 0 amide bonds.